The monoisotopic (exact) mass is 519 g/mol. The minimum absolute atomic E-state index is 0.0470. The number of aromatic nitrogens is 2. The lowest BCUT2D eigenvalue weighted by molar-refractivity contribution is -0.114. The molecule has 0 saturated heterocycles. The van der Waals surface area contributed by atoms with Crippen LogP contribution in [0.1, 0.15) is 45.5 Å². The highest BCUT2D eigenvalue weighted by atomic mass is 32.1. The fourth-order valence-electron chi connectivity index (χ4n) is 3.77. The summed E-state index contributed by atoms with van der Waals surface area (Å²) >= 11 is 1.07. The molecule has 9 nitrogen and oxygen atoms in total. The number of amides is 1. The van der Waals surface area contributed by atoms with E-state index in [2.05, 4.69) is 10.3 Å². The number of benzene rings is 2. The maximum Gasteiger partial charge on any atom is 0.348 e. The maximum absolute atomic E-state index is 13.3. The number of thiophene rings is 1. The Kier molecular flexibility index (Phi) is 7.78. The van der Waals surface area contributed by atoms with Gasteiger partial charge in [-0.25, -0.2) is 9.78 Å². The minimum Gasteiger partial charge on any atom is -0.490 e. The number of fused-ring (bicyclic) bond motifs is 1. The van der Waals surface area contributed by atoms with E-state index in [4.69, 9.17) is 9.47 Å². The van der Waals surface area contributed by atoms with Crippen LogP contribution in [0.5, 0.6) is 5.75 Å². The van der Waals surface area contributed by atoms with Crippen molar-refractivity contribution in [1.29, 1.82) is 0 Å². The van der Waals surface area contributed by atoms with Gasteiger partial charge in [0.1, 0.15) is 28.7 Å². The molecule has 0 radical (unpaired) electrons. The molecule has 0 aliphatic carbocycles. The summed E-state index contributed by atoms with van der Waals surface area (Å²) in [6.45, 7) is 4.91. The van der Waals surface area contributed by atoms with Crippen molar-refractivity contribution in [2.24, 2.45) is 0 Å². The molecular formula is C27H25N3O6S. The zero-order chi connectivity index (χ0) is 26.5. The second-order valence-corrected chi connectivity index (χ2v) is 9.29. The summed E-state index contributed by atoms with van der Waals surface area (Å²) in [5.74, 6) is -0.392. The zero-order valence-corrected chi connectivity index (χ0v) is 21.3. The lowest BCUT2D eigenvalue weighted by Gasteiger charge is -2.14. The molecule has 2 aromatic heterocycles. The van der Waals surface area contributed by atoms with Crippen molar-refractivity contribution < 1.29 is 23.9 Å². The van der Waals surface area contributed by atoms with E-state index < -0.39 is 17.6 Å². The second-order valence-electron chi connectivity index (χ2n) is 8.29. The first kappa shape index (κ1) is 25.8. The number of hydrogen-bond donors (Lipinski definition) is 1. The molecule has 1 unspecified atom stereocenters. The van der Waals surface area contributed by atoms with Gasteiger partial charge in [-0.1, -0.05) is 18.2 Å². The number of ether oxygens (including phenoxy) is 2. The molecule has 0 saturated carbocycles. The Morgan fingerprint density at radius 3 is 2.43 bits per heavy atom. The fraction of sp³-hybridized carbons (Fsp3) is 0.222. The highest BCUT2D eigenvalue weighted by Crippen LogP contribution is 2.28. The number of carbonyl (C=O) groups is 3. The largest absolute Gasteiger partial charge is 0.490 e. The molecule has 10 heteroatoms. The molecule has 0 bridgehead atoms. The van der Waals surface area contributed by atoms with Crippen LogP contribution in [-0.2, 0) is 9.53 Å². The second kappa shape index (κ2) is 11.2. The summed E-state index contributed by atoms with van der Waals surface area (Å²) < 4.78 is 12.1. The summed E-state index contributed by atoms with van der Waals surface area (Å²) in [4.78, 5) is 55.3. The molecule has 37 heavy (non-hydrogen) atoms. The average molecular weight is 520 g/mol. The SMILES string of the molecule is CC(=O)Nc1ccc(C(=O)C(C)n2cnc3sc(C(=O)OCCOc4ccccc4)c(C)c3c2=O)cc1. The van der Waals surface area contributed by atoms with Gasteiger partial charge in [0, 0.05) is 18.2 Å². The quantitative estimate of drug-likeness (QED) is 0.198. The van der Waals surface area contributed by atoms with Gasteiger partial charge in [-0.15, -0.1) is 11.3 Å². The normalized spacial score (nSPS) is 11.6. The van der Waals surface area contributed by atoms with Crippen LogP contribution in [0, 0.1) is 6.92 Å². The number of anilines is 1. The summed E-state index contributed by atoms with van der Waals surface area (Å²) in [5, 5.41) is 2.92. The fourth-order valence-corrected chi connectivity index (χ4v) is 4.81. The first-order valence-electron chi connectivity index (χ1n) is 11.5. The van der Waals surface area contributed by atoms with E-state index in [1.54, 1.807) is 50.2 Å². The standard InChI is InChI=1S/C27H25N3O6S/c1-16-22-25(37-24(16)27(34)36-14-13-35-21-7-5-4-6-8-21)28-15-30(26(22)33)17(2)23(32)19-9-11-20(12-10-19)29-18(3)31/h4-12,15,17H,13-14H2,1-3H3,(H,29,31). The number of Topliss-reactive ketones (excluding diaryl/α,β-unsaturated/α-hetero) is 1. The Morgan fingerprint density at radius 1 is 1.05 bits per heavy atom. The molecular weight excluding hydrogens is 494 g/mol. The van der Waals surface area contributed by atoms with Crippen molar-refractivity contribution in [2.75, 3.05) is 18.5 Å². The highest BCUT2D eigenvalue weighted by molar-refractivity contribution is 7.20. The third kappa shape index (κ3) is 5.75. The Morgan fingerprint density at radius 2 is 1.76 bits per heavy atom. The van der Waals surface area contributed by atoms with Gasteiger partial charge in [0.15, 0.2) is 5.78 Å². The van der Waals surface area contributed by atoms with Gasteiger partial charge < -0.3 is 14.8 Å². The van der Waals surface area contributed by atoms with Gasteiger partial charge in [-0.3, -0.25) is 19.0 Å². The Labute approximate surface area is 216 Å². The third-order valence-corrected chi connectivity index (χ3v) is 6.86. The molecule has 0 aliphatic rings. The van der Waals surface area contributed by atoms with Crippen LogP contribution in [0.25, 0.3) is 10.2 Å². The topological polar surface area (TPSA) is 117 Å². The molecule has 0 fully saturated rings. The van der Waals surface area contributed by atoms with Crippen LogP contribution in [0.15, 0.2) is 65.7 Å². The van der Waals surface area contributed by atoms with Crippen LogP contribution >= 0.6 is 11.3 Å². The number of carbonyl (C=O) groups excluding carboxylic acids is 3. The van der Waals surface area contributed by atoms with E-state index in [-0.39, 0.29) is 35.2 Å². The van der Waals surface area contributed by atoms with Gasteiger partial charge in [0.25, 0.3) is 5.56 Å². The van der Waals surface area contributed by atoms with Crippen LogP contribution in [0.2, 0.25) is 0 Å². The first-order chi connectivity index (χ1) is 17.8. The molecule has 0 aliphatic heterocycles. The molecule has 1 amide bonds. The molecule has 1 atom stereocenters. The molecule has 2 aromatic carbocycles. The average Bonchev–Trinajstić information content (AvgIpc) is 3.24. The molecule has 2 heterocycles. The van der Waals surface area contributed by atoms with Gasteiger partial charge >= 0.3 is 5.97 Å². The van der Waals surface area contributed by atoms with Gasteiger partial charge in [-0.05, 0) is 55.8 Å². The van der Waals surface area contributed by atoms with Gasteiger partial charge in [0.05, 0.1) is 17.8 Å². The number of rotatable bonds is 9. The van der Waals surface area contributed by atoms with E-state index >= 15 is 0 Å². The van der Waals surface area contributed by atoms with Crippen molar-refractivity contribution in [3.63, 3.8) is 0 Å². The summed E-state index contributed by atoms with van der Waals surface area (Å²) in [6, 6.07) is 14.8. The molecule has 4 rings (SSSR count). The summed E-state index contributed by atoms with van der Waals surface area (Å²) in [6.07, 6.45) is 1.32. The van der Waals surface area contributed by atoms with Gasteiger partial charge in [-0.2, -0.15) is 0 Å². The number of hydrogen-bond acceptors (Lipinski definition) is 8. The Balaban J connectivity index is 1.49. The third-order valence-electron chi connectivity index (χ3n) is 5.68. The molecule has 1 N–H and O–H groups in total. The van der Waals surface area contributed by atoms with E-state index in [1.165, 1.54) is 17.8 Å². The lowest BCUT2D eigenvalue weighted by atomic mass is 10.0. The summed E-state index contributed by atoms with van der Waals surface area (Å²) in [5.41, 5.74) is 0.996. The van der Waals surface area contributed by atoms with Crippen LogP contribution in [0.4, 0.5) is 5.69 Å². The van der Waals surface area contributed by atoms with E-state index in [0.717, 1.165) is 11.3 Å². The van der Waals surface area contributed by atoms with Crippen LogP contribution in [-0.4, -0.2) is 40.4 Å². The lowest BCUT2D eigenvalue weighted by Crippen LogP contribution is -2.28. The number of nitrogens with one attached hydrogen (secondary N) is 1. The highest BCUT2D eigenvalue weighted by Gasteiger charge is 2.24. The van der Waals surface area contributed by atoms with E-state index in [9.17, 15) is 19.2 Å². The van der Waals surface area contributed by atoms with E-state index in [0.29, 0.717) is 27.4 Å². The molecule has 4 aromatic rings. The number of nitrogens with zero attached hydrogens (tertiary/aromatic N) is 2. The van der Waals surface area contributed by atoms with Crippen molar-refractivity contribution >= 4 is 44.9 Å². The number of ketones is 1. The predicted octanol–water partition coefficient (Wildman–Crippen LogP) is 4.40. The Hall–Kier alpha value is -4.31. The van der Waals surface area contributed by atoms with Crippen molar-refractivity contribution in [3.05, 3.63) is 87.3 Å². The van der Waals surface area contributed by atoms with E-state index in [1.807, 2.05) is 18.2 Å². The Bertz CT molecular complexity index is 1510. The predicted molar refractivity (Wildman–Crippen MR) is 141 cm³/mol. The number of aryl methyl sites for hydroxylation is 1. The van der Waals surface area contributed by atoms with Crippen LogP contribution in [0.3, 0.4) is 0 Å². The van der Waals surface area contributed by atoms with Crippen LogP contribution < -0.4 is 15.6 Å². The molecule has 190 valence electrons. The first-order valence-corrected chi connectivity index (χ1v) is 12.3. The number of esters is 1. The summed E-state index contributed by atoms with van der Waals surface area (Å²) in [7, 11) is 0. The van der Waals surface area contributed by atoms with Crippen molar-refractivity contribution in [1.82, 2.24) is 9.55 Å². The van der Waals surface area contributed by atoms with Crippen molar-refractivity contribution in [3.8, 4) is 5.75 Å². The smallest absolute Gasteiger partial charge is 0.348 e. The maximum atomic E-state index is 13.3. The zero-order valence-electron chi connectivity index (χ0n) is 20.5. The minimum atomic E-state index is -0.833. The van der Waals surface area contributed by atoms with Crippen molar-refractivity contribution in [2.45, 2.75) is 26.8 Å². The number of para-hydroxylation sites is 1. The molecule has 0 spiro atoms. The van der Waals surface area contributed by atoms with Gasteiger partial charge in [0.2, 0.25) is 5.91 Å².